The largest absolute Gasteiger partial charge is 0.508 e. The van der Waals surface area contributed by atoms with E-state index in [0.29, 0.717) is 18.5 Å². The summed E-state index contributed by atoms with van der Waals surface area (Å²) in [5, 5.41) is 9.26. The highest BCUT2D eigenvalue weighted by Gasteiger charge is 2.09. The number of phenols is 1. The molecule has 0 atom stereocenters. The summed E-state index contributed by atoms with van der Waals surface area (Å²) >= 11 is 0. The van der Waals surface area contributed by atoms with E-state index in [1.54, 1.807) is 18.5 Å². The highest BCUT2D eigenvalue weighted by molar-refractivity contribution is 5.96. The van der Waals surface area contributed by atoms with Gasteiger partial charge in [-0.3, -0.25) is 4.79 Å². The molecule has 0 amide bonds. The predicted molar refractivity (Wildman–Crippen MR) is 86.3 cm³/mol. The van der Waals surface area contributed by atoms with Crippen LogP contribution < -0.4 is 0 Å². The fraction of sp³-hybridized carbons (Fsp3) is 0.222. The van der Waals surface area contributed by atoms with Crippen LogP contribution >= 0.6 is 0 Å². The monoisotopic (exact) mass is 294 g/mol. The van der Waals surface area contributed by atoms with E-state index in [-0.39, 0.29) is 11.5 Å². The van der Waals surface area contributed by atoms with Crippen molar-refractivity contribution in [2.75, 3.05) is 0 Å². The molecule has 0 radical (unpaired) electrons. The Kier molecular flexibility index (Phi) is 3.67. The van der Waals surface area contributed by atoms with Gasteiger partial charge in [-0.15, -0.1) is 0 Å². The van der Waals surface area contributed by atoms with Crippen LogP contribution in [-0.4, -0.2) is 20.4 Å². The number of benzene rings is 2. The van der Waals surface area contributed by atoms with Gasteiger partial charge in [0.05, 0.1) is 17.4 Å². The lowest BCUT2D eigenvalue weighted by atomic mass is 10.1. The Labute approximate surface area is 129 Å². The van der Waals surface area contributed by atoms with Gasteiger partial charge < -0.3 is 9.67 Å². The number of hydrogen-bond acceptors (Lipinski definition) is 3. The quantitative estimate of drug-likeness (QED) is 0.747. The zero-order chi connectivity index (χ0) is 15.7. The van der Waals surface area contributed by atoms with Crippen molar-refractivity contribution < 1.29 is 9.90 Å². The molecule has 22 heavy (non-hydrogen) atoms. The van der Waals surface area contributed by atoms with E-state index in [4.69, 9.17) is 0 Å². The van der Waals surface area contributed by atoms with Gasteiger partial charge in [-0.1, -0.05) is 0 Å². The van der Waals surface area contributed by atoms with Gasteiger partial charge in [-0.25, -0.2) is 4.98 Å². The van der Waals surface area contributed by atoms with Gasteiger partial charge in [0.1, 0.15) is 5.75 Å². The number of Topliss-reactive ketones (excluding diaryl/α,β-unsaturated/α-hetero) is 1. The second-order valence-corrected chi connectivity index (χ2v) is 5.58. The smallest absolute Gasteiger partial charge is 0.164 e. The third kappa shape index (κ3) is 2.72. The second kappa shape index (κ2) is 5.64. The third-order valence-corrected chi connectivity index (χ3v) is 4.01. The maximum Gasteiger partial charge on any atom is 0.164 e. The molecular formula is C18H18N2O2. The van der Waals surface area contributed by atoms with Crippen molar-refractivity contribution in [3.63, 3.8) is 0 Å². The van der Waals surface area contributed by atoms with Crippen LogP contribution in [-0.2, 0) is 6.54 Å². The minimum atomic E-state index is 0.0608. The molecule has 0 spiro atoms. The van der Waals surface area contributed by atoms with E-state index in [2.05, 4.69) is 31.0 Å². The van der Waals surface area contributed by atoms with Gasteiger partial charge in [0.15, 0.2) is 5.78 Å². The van der Waals surface area contributed by atoms with Crippen molar-refractivity contribution >= 4 is 16.8 Å². The SMILES string of the molecule is Cc1cc2ncn(CCC(=O)c3ccc(O)cc3)c2cc1C. The van der Waals surface area contributed by atoms with Crippen LogP contribution in [0.15, 0.2) is 42.7 Å². The number of nitrogens with zero attached hydrogens (tertiary/aromatic N) is 2. The number of ketones is 1. The minimum Gasteiger partial charge on any atom is -0.508 e. The number of carbonyl (C=O) groups is 1. The van der Waals surface area contributed by atoms with Gasteiger partial charge in [-0.05, 0) is 61.4 Å². The average Bonchev–Trinajstić information content (AvgIpc) is 2.88. The number of aromatic hydroxyl groups is 1. The number of fused-ring (bicyclic) bond motifs is 1. The van der Waals surface area contributed by atoms with Crippen LogP contribution in [0.5, 0.6) is 5.75 Å². The molecule has 0 aliphatic heterocycles. The summed E-state index contributed by atoms with van der Waals surface area (Å²) in [4.78, 5) is 16.6. The summed E-state index contributed by atoms with van der Waals surface area (Å²) in [6, 6.07) is 10.6. The number of aromatic nitrogens is 2. The summed E-state index contributed by atoms with van der Waals surface area (Å²) in [6.45, 7) is 4.74. The van der Waals surface area contributed by atoms with Crippen LogP contribution in [0.2, 0.25) is 0 Å². The van der Waals surface area contributed by atoms with E-state index in [9.17, 15) is 9.90 Å². The molecule has 0 aliphatic carbocycles. The van der Waals surface area contributed by atoms with Crippen LogP contribution in [0, 0.1) is 13.8 Å². The molecule has 1 aromatic heterocycles. The number of rotatable bonds is 4. The Morgan fingerprint density at radius 1 is 1.14 bits per heavy atom. The molecule has 2 aromatic carbocycles. The lowest BCUT2D eigenvalue weighted by Crippen LogP contribution is -2.05. The summed E-state index contributed by atoms with van der Waals surface area (Å²) < 4.78 is 2.01. The molecule has 0 aliphatic rings. The van der Waals surface area contributed by atoms with Crippen molar-refractivity contribution in [2.24, 2.45) is 0 Å². The molecule has 3 aromatic rings. The first kappa shape index (κ1) is 14.3. The number of phenolic OH excluding ortho intramolecular Hbond substituents is 1. The molecule has 0 bridgehead atoms. The Balaban J connectivity index is 1.78. The highest BCUT2D eigenvalue weighted by Crippen LogP contribution is 2.19. The molecule has 0 unspecified atom stereocenters. The van der Waals surface area contributed by atoms with Crippen molar-refractivity contribution in [3.05, 3.63) is 59.4 Å². The van der Waals surface area contributed by atoms with Crippen LogP contribution in [0.25, 0.3) is 11.0 Å². The maximum atomic E-state index is 12.2. The van der Waals surface area contributed by atoms with Gasteiger partial charge in [-0.2, -0.15) is 0 Å². The Bertz CT molecular complexity index is 832. The van der Waals surface area contributed by atoms with Crippen LogP contribution in [0.3, 0.4) is 0 Å². The van der Waals surface area contributed by atoms with Crippen molar-refractivity contribution in [3.8, 4) is 5.75 Å². The van der Waals surface area contributed by atoms with E-state index in [1.807, 2.05) is 4.57 Å². The standard InChI is InChI=1S/C18H18N2O2/c1-12-9-16-17(10-13(12)2)20(11-19-16)8-7-18(22)14-3-5-15(21)6-4-14/h3-6,9-11,21H,7-8H2,1-2H3. The number of aryl methyl sites for hydroxylation is 3. The zero-order valence-electron chi connectivity index (χ0n) is 12.7. The number of hydrogen-bond donors (Lipinski definition) is 1. The Morgan fingerprint density at radius 3 is 2.55 bits per heavy atom. The minimum absolute atomic E-state index is 0.0608. The number of imidazole rings is 1. The molecule has 112 valence electrons. The molecular weight excluding hydrogens is 276 g/mol. The molecule has 1 heterocycles. The maximum absolute atomic E-state index is 12.2. The summed E-state index contributed by atoms with van der Waals surface area (Å²) in [7, 11) is 0. The third-order valence-electron chi connectivity index (χ3n) is 4.01. The van der Waals surface area contributed by atoms with Gasteiger partial charge in [0.2, 0.25) is 0 Å². The highest BCUT2D eigenvalue weighted by atomic mass is 16.3. The Hall–Kier alpha value is -2.62. The fourth-order valence-electron chi connectivity index (χ4n) is 2.51. The van der Waals surface area contributed by atoms with E-state index >= 15 is 0 Å². The van der Waals surface area contributed by atoms with Crippen LogP contribution in [0.1, 0.15) is 27.9 Å². The normalized spacial score (nSPS) is 11.0. The van der Waals surface area contributed by atoms with Gasteiger partial charge >= 0.3 is 0 Å². The summed E-state index contributed by atoms with van der Waals surface area (Å²) in [5.74, 6) is 0.230. The average molecular weight is 294 g/mol. The zero-order valence-corrected chi connectivity index (χ0v) is 12.7. The van der Waals surface area contributed by atoms with E-state index < -0.39 is 0 Å². The predicted octanol–water partition coefficient (Wildman–Crippen LogP) is 3.63. The molecule has 4 heteroatoms. The first-order valence-electron chi connectivity index (χ1n) is 7.29. The summed E-state index contributed by atoms with van der Waals surface area (Å²) in [6.07, 6.45) is 2.19. The fourth-order valence-corrected chi connectivity index (χ4v) is 2.51. The first-order valence-corrected chi connectivity index (χ1v) is 7.29. The molecule has 3 rings (SSSR count). The van der Waals surface area contributed by atoms with Crippen molar-refractivity contribution in [1.82, 2.24) is 9.55 Å². The van der Waals surface area contributed by atoms with Crippen LogP contribution in [0.4, 0.5) is 0 Å². The number of carbonyl (C=O) groups excluding carboxylic acids is 1. The molecule has 4 nitrogen and oxygen atoms in total. The second-order valence-electron chi connectivity index (χ2n) is 5.58. The molecule has 0 saturated carbocycles. The van der Waals surface area contributed by atoms with E-state index in [0.717, 1.165) is 11.0 Å². The van der Waals surface area contributed by atoms with Crippen molar-refractivity contribution in [1.29, 1.82) is 0 Å². The Morgan fingerprint density at radius 2 is 1.82 bits per heavy atom. The van der Waals surface area contributed by atoms with Gasteiger partial charge in [0, 0.05) is 18.5 Å². The van der Waals surface area contributed by atoms with Gasteiger partial charge in [0.25, 0.3) is 0 Å². The molecule has 0 saturated heterocycles. The summed E-state index contributed by atoms with van der Waals surface area (Å²) in [5.41, 5.74) is 5.08. The van der Waals surface area contributed by atoms with E-state index in [1.165, 1.54) is 23.3 Å². The lowest BCUT2D eigenvalue weighted by Gasteiger charge is -2.06. The lowest BCUT2D eigenvalue weighted by molar-refractivity contribution is 0.0977. The molecule has 0 fully saturated rings. The first-order chi connectivity index (χ1) is 10.5. The topological polar surface area (TPSA) is 55.1 Å². The van der Waals surface area contributed by atoms with Crippen molar-refractivity contribution in [2.45, 2.75) is 26.8 Å². The molecule has 1 N–H and O–H groups in total.